The van der Waals surface area contributed by atoms with Gasteiger partial charge in [-0.2, -0.15) is 31.3 Å². The number of aromatic nitrogens is 3. The van der Waals surface area contributed by atoms with Crippen molar-refractivity contribution in [2.45, 2.75) is 57.7 Å². The van der Waals surface area contributed by atoms with Gasteiger partial charge in [0.1, 0.15) is 5.69 Å². The first-order valence-corrected chi connectivity index (χ1v) is 14.9. The van der Waals surface area contributed by atoms with E-state index < -0.39 is 71.3 Å². The van der Waals surface area contributed by atoms with Gasteiger partial charge in [-0.05, 0) is 49.6 Å². The van der Waals surface area contributed by atoms with E-state index in [1.807, 2.05) is 0 Å². The zero-order valence-electron chi connectivity index (χ0n) is 26.8. The van der Waals surface area contributed by atoms with Crippen LogP contribution in [0.1, 0.15) is 55.1 Å². The van der Waals surface area contributed by atoms with E-state index in [0.717, 1.165) is 6.20 Å². The molecule has 1 amide bonds. The number of ether oxygens (including phenoxy) is 2. The van der Waals surface area contributed by atoms with Crippen LogP contribution in [0, 0.1) is 5.21 Å². The summed E-state index contributed by atoms with van der Waals surface area (Å²) >= 11 is 0. The average molecular weight is 703 g/mol. The number of rotatable bonds is 11. The summed E-state index contributed by atoms with van der Waals surface area (Å²) in [6.07, 6.45) is -9.67. The first kappa shape index (κ1) is 37.2. The van der Waals surface area contributed by atoms with E-state index in [2.05, 4.69) is 15.0 Å². The number of alkyl halides is 6. The lowest BCUT2D eigenvalue weighted by Gasteiger charge is -2.43. The molecular formula is C30H34F6N7O6-. The smallest absolute Gasteiger partial charge is 0.416 e. The van der Waals surface area contributed by atoms with Gasteiger partial charge in [0.2, 0.25) is 11.8 Å². The minimum absolute atomic E-state index is 0.0117. The number of pyridine rings is 1. The van der Waals surface area contributed by atoms with E-state index in [9.17, 15) is 46.7 Å². The maximum Gasteiger partial charge on any atom is 0.416 e. The van der Waals surface area contributed by atoms with E-state index in [4.69, 9.17) is 9.47 Å². The molecule has 2 aromatic heterocycles. The second-order valence-electron chi connectivity index (χ2n) is 11.0. The Hall–Kier alpha value is -4.62. The average Bonchev–Trinajstić information content (AvgIpc) is 3.05. The van der Waals surface area contributed by atoms with Crippen LogP contribution in [0.15, 0.2) is 36.5 Å². The number of benzene rings is 1. The van der Waals surface area contributed by atoms with E-state index in [1.54, 1.807) is 13.8 Å². The molecule has 0 saturated heterocycles. The summed E-state index contributed by atoms with van der Waals surface area (Å²) in [5.41, 5.74) is -3.57. The molecule has 0 aliphatic carbocycles. The molecule has 0 fully saturated rings. The normalized spacial score (nSPS) is 16.2. The van der Waals surface area contributed by atoms with Gasteiger partial charge in [0.05, 0.1) is 55.1 Å². The number of amides is 1. The standard InChI is InChI=1S/C30H34F6N7O6/c1-5-20-14-22(25-21(7-8-24(38-25)48-4)42(20)28(45)49-6-2)41(27-37-15-23(43(46)47)26(39-27)40(3)9-10-44)16-17-11-18(29(31,32)33)13-19(12-17)30(34,35)36/h7-8,11-13,15,20,22,44,46H,5-6,9-10,14,16H2,1-4H3/q-1/t20-,22+/m1/s1. The molecule has 4 rings (SSSR count). The third-order valence-corrected chi connectivity index (χ3v) is 7.83. The second-order valence-corrected chi connectivity index (χ2v) is 11.0. The van der Waals surface area contributed by atoms with Gasteiger partial charge in [-0.3, -0.25) is 10.1 Å². The summed E-state index contributed by atoms with van der Waals surface area (Å²) in [5, 5.41) is 30.7. The lowest BCUT2D eigenvalue weighted by molar-refractivity contribution is -0.143. The largest absolute Gasteiger partial charge is 0.733 e. The highest BCUT2D eigenvalue weighted by Crippen LogP contribution is 2.44. The Morgan fingerprint density at radius 3 is 2.27 bits per heavy atom. The molecule has 0 bridgehead atoms. The van der Waals surface area contributed by atoms with Crippen molar-refractivity contribution in [1.29, 1.82) is 0 Å². The van der Waals surface area contributed by atoms with Gasteiger partial charge < -0.3 is 34.8 Å². The summed E-state index contributed by atoms with van der Waals surface area (Å²) < 4.78 is 93.9. The van der Waals surface area contributed by atoms with Gasteiger partial charge in [-0.25, -0.2) is 14.8 Å². The van der Waals surface area contributed by atoms with Crippen LogP contribution in [-0.4, -0.2) is 71.3 Å². The summed E-state index contributed by atoms with van der Waals surface area (Å²) in [7, 11) is 2.76. The summed E-state index contributed by atoms with van der Waals surface area (Å²) in [4.78, 5) is 30.3. The maximum absolute atomic E-state index is 13.9. The first-order chi connectivity index (χ1) is 23.0. The second kappa shape index (κ2) is 14.9. The predicted molar refractivity (Wildman–Crippen MR) is 164 cm³/mol. The van der Waals surface area contributed by atoms with E-state index in [1.165, 1.54) is 41.0 Å². The van der Waals surface area contributed by atoms with Gasteiger partial charge in [0, 0.05) is 32.2 Å². The van der Waals surface area contributed by atoms with Crippen molar-refractivity contribution < 1.29 is 50.9 Å². The van der Waals surface area contributed by atoms with Gasteiger partial charge in [0.15, 0.2) is 5.82 Å². The van der Waals surface area contributed by atoms with Crippen molar-refractivity contribution in [3.63, 3.8) is 0 Å². The fraction of sp³-hybridized carbons (Fsp3) is 0.467. The van der Waals surface area contributed by atoms with Crippen molar-refractivity contribution in [1.82, 2.24) is 15.0 Å². The Balaban J connectivity index is 2.01. The maximum atomic E-state index is 13.9. The van der Waals surface area contributed by atoms with Crippen LogP contribution in [0.5, 0.6) is 5.88 Å². The van der Waals surface area contributed by atoms with Crippen molar-refractivity contribution in [2.75, 3.05) is 53.8 Å². The SMILES string of the molecule is CCOC(=O)N1c2ccc(OC)nc2[C@@H](N(Cc2cc(C(F)(F)F)cc(C(F)(F)F)c2)c2ncc(N([O-])O)c(N(C)CCO)n2)C[C@H]1CC. The highest BCUT2D eigenvalue weighted by atomic mass is 19.4. The van der Waals surface area contributed by atoms with Crippen LogP contribution in [0.3, 0.4) is 0 Å². The Morgan fingerprint density at radius 2 is 1.73 bits per heavy atom. The number of likely N-dealkylation sites (N-methyl/N-ethyl adjacent to an activating group) is 1. The number of halogens is 6. The van der Waals surface area contributed by atoms with Crippen LogP contribution in [-0.2, 0) is 23.6 Å². The van der Waals surface area contributed by atoms with Crippen molar-refractivity contribution in [3.8, 4) is 5.88 Å². The van der Waals surface area contributed by atoms with Crippen LogP contribution in [0.4, 0.5) is 54.3 Å². The first-order valence-electron chi connectivity index (χ1n) is 14.9. The molecule has 1 aliphatic heterocycles. The van der Waals surface area contributed by atoms with E-state index >= 15 is 0 Å². The lowest BCUT2D eigenvalue weighted by Crippen LogP contribution is -2.48. The van der Waals surface area contributed by atoms with Crippen molar-refractivity contribution in [2.24, 2.45) is 0 Å². The van der Waals surface area contributed by atoms with Gasteiger partial charge in [0.25, 0.3) is 0 Å². The van der Waals surface area contributed by atoms with Crippen LogP contribution < -0.4 is 24.7 Å². The van der Waals surface area contributed by atoms with Gasteiger partial charge in [-0.15, -0.1) is 0 Å². The molecule has 49 heavy (non-hydrogen) atoms. The molecule has 0 radical (unpaired) electrons. The molecule has 0 spiro atoms. The minimum Gasteiger partial charge on any atom is -0.733 e. The van der Waals surface area contributed by atoms with E-state index in [0.29, 0.717) is 18.6 Å². The Labute approximate surface area is 276 Å². The number of nitrogens with zero attached hydrogens (tertiary/aromatic N) is 7. The number of carbonyl (C=O) groups excluding carboxylic acids is 1. The van der Waals surface area contributed by atoms with Crippen LogP contribution >= 0.6 is 0 Å². The molecule has 3 aromatic rings. The quantitative estimate of drug-likeness (QED) is 0.180. The summed E-state index contributed by atoms with van der Waals surface area (Å²) in [6.45, 7) is 2.30. The Morgan fingerprint density at radius 1 is 1.08 bits per heavy atom. The number of aliphatic hydroxyl groups excluding tert-OH is 1. The number of methoxy groups -OCH3 is 1. The monoisotopic (exact) mass is 702 g/mol. The number of hydrogen-bond donors (Lipinski definition) is 2. The topological polar surface area (TPSA) is 151 Å². The Kier molecular flexibility index (Phi) is 11.3. The molecule has 1 aliphatic rings. The lowest BCUT2D eigenvalue weighted by atomic mass is 9.92. The number of fused-ring (bicyclic) bond motifs is 1. The fourth-order valence-electron chi connectivity index (χ4n) is 5.54. The molecule has 1 aromatic carbocycles. The molecule has 2 atom stereocenters. The Bertz CT molecular complexity index is 1590. The molecular weight excluding hydrogens is 668 g/mol. The molecule has 0 saturated carbocycles. The molecule has 3 heterocycles. The zero-order valence-corrected chi connectivity index (χ0v) is 26.8. The zero-order chi connectivity index (χ0) is 36.3. The third-order valence-electron chi connectivity index (χ3n) is 7.83. The molecule has 19 heteroatoms. The van der Waals surface area contributed by atoms with Crippen molar-refractivity contribution >= 4 is 29.2 Å². The predicted octanol–water partition coefficient (Wildman–Crippen LogP) is 5.93. The van der Waals surface area contributed by atoms with Crippen molar-refractivity contribution in [3.05, 3.63) is 64.1 Å². The number of carbonyl (C=O) groups is 1. The number of anilines is 4. The third kappa shape index (κ3) is 8.16. The van der Waals surface area contributed by atoms with E-state index in [-0.39, 0.29) is 54.7 Å². The molecule has 268 valence electrons. The fourth-order valence-corrected chi connectivity index (χ4v) is 5.54. The highest BCUT2D eigenvalue weighted by Gasteiger charge is 2.42. The molecule has 2 N–H and O–H groups in total. The number of hydrogen-bond acceptors (Lipinski definition) is 12. The molecule has 0 unspecified atom stereocenters. The summed E-state index contributed by atoms with van der Waals surface area (Å²) in [5.74, 6) is -0.407. The summed E-state index contributed by atoms with van der Waals surface area (Å²) in [6, 6.07) is 2.56. The minimum atomic E-state index is -5.13. The van der Waals surface area contributed by atoms with Gasteiger partial charge >= 0.3 is 18.4 Å². The van der Waals surface area contributed by atoms with Crippen LogP contribution in [0.2, 0.25) is 0 Å². The van der Waals surface area contributed by atoms with Gasteiger partial charge in [-0.1, -0.05) is 6.92 Å². The highest BCUT2D eigenvalue weighted by molar-refractivity contribution is 5.90. The van der Waals surface area contributed by atoms with Crippen LogP contribution in [0.25, 0.3) is 0 Å². The number of aliphatic hydroxyl groups is 1. The molecule has 13 nitrogen and oxygen atoms in total.